The van der Waals surface area contributed by atoms with Crippen LogP contribution in [0.3, 0.4) is 0 Å². The predicted octanol–water partition coefficient (Wildman–Crippen LogP) is 3.47. The number of halogens is 3. The maximum atomic E-state index is 12.2. The Bertz CT molecular complexity index is 281. The number of hydrogen-bond acceptors (Lipinski definition) is 0. The predicted molar refractivity (Wildman–Crippen MR) is 45.1 cm³/mol. The first-order valence-electron chi connectivity index (χ1n) is 3.99. The molecule has 4 heteroatoms. The van der Waals surface area contributed by atoms with Gasteiger partial charge in [0.2, 0.25) is 0 Å². The maximum absolute atomic E-state index is 12.2. The van der Waals surface area contributed by atoms with Crippen LogP contribution in [0.15, 0.2) is 24.3 Å². The average Bonchev–Trinajstić information content (AvgIpc) is 2.04. The van der Waals surface area contributed by atoms with Gasteiger partial charge in [-0.3, -0.25) is 0 Å². The third-order valence-electron chi connectivity index (χ3n) is 1.72. The van der Waals surface area contributed by atoms with Gasteiger partial charge in [0.05, 0.1) is 5.56 Å². The fraction of sp³-hybridized carbons (Fsp3) is 0.300. The van der Waals surface area contributed by atoms with Crippen LogP contribution in [0.4, 0.5) is 13.2 Å². The quantitative estimate of drug-likeness (QED) is 0.725. The van der Waals surface area contributed by atoms with E-state index in [1.807, 2.05) is 0 Å². The molecule has 14 heavy (non-hydrogen) atoms. The first-order valence-corrected chi connectivity index (χ1v) is 3.99. The Kier molecular flexibility index (Phi) is 5.91. The molecule has 0 atom stereocenters. The van der Waals surface area contributed by atoms with E-state index in [0.29, 0.717) is 18.4 Å². The van der Waals surface area contributed by atoms with Crippen molar-refractivity contribution in [3.63, 3.8) is 0 Å². The van der Waals surface area contributed by atoms with Crippen LogP contribution in [0.2, 0.25) is 0 Å². The van der Waals surface area contributed by atoms with Gasteiger partial charge in [0.25, 0.3) is 0 Å². The second kappa shape index (κ2) is 5.87. The fourth-order valence-electron chi connectivity index (χ4n) is 1.11. The van der Waals surface area contributed by atoms with Crippen molar-refractivity contribution >= 4 is 0 Å². The van der Waals surface area contributed by atoms with Crippen molar-refractivity contribution in [3.05, 3.63) is 42.3 Å². The molecule has 0 unspecified atom stereocenters. The average molecular weight is 276 g/mol. The van der Waals surface area contributed by atoms with Crippen molar-refractivity contribution in [3.8, 4) is 0 Å². The zero-order chi connectivity index (χ0) is 9.90. The number of aryl methyl sites for hydroxylation is 1. The van der Waals surface area contributed by atoms with Gasteiger partial charge in [0, 0.05) is 32.7 Å². The standard InChI is InChI=1S/C10H10F3.Y/c1-2-4-8-5-3-6-9(7-8)10(11,12)13;/h3,5-7H,1-2,4H2;/q-1;. The topological polar surface area (TPSA) is 0 Å². The smallest absolute Gasteiger partial charge is 0.343 e. The summed E-state index contributed by atoms with van der Waals surface area (Å²) >= 11 is 0. The molecule has 0 amide bonds. The zero-order valence-corrected chi connectivity index (χ0v) is 10.5. The number of benzene rings is 1. The zero-order valence-electron chi connectivity index (χ0n) is 7.64. The number of alkyl halides is 3. The summed E-state index contributed by atoms with van der Waals surface area (Å²) in [5.74, 6) is 0. The minimum Gasteiger partial charge on any atom is -0.343 e. The Balaban J connectivity index is 0.00000169. The molecule has 1 aromatic carbocycles. The molecule has 0 nitrogen and oxygen atoms in total. The minimum atomic E-state index is -4.24. The second-order valence-electron chi connectivity index (χ2n) is 2.80. The molecule has 0 saturated heterocycles. The summed E-state index contributed by atoms with van der Waals surface area (Å²) in [6, 6.07) is 5.35. The molecule has 0 N–H and O–H groups in total. The summed E-state index contributed by atoms with van der Waals surface area (Å²) in [6.07, 6.45) is -3.04. The van der Waals surface area contributed by atoms with E-state index in [0.717, 1.165) is 6.07 Å². The van der Waals surface area contributed by atoms with Crippen molar-refractivity contribution in [1.82, 2.24) is 0 Å². The molecule has 0 heterocycles. The first kappa shape index (κ1) is 14.1. The van der Waals surface area contributed by atoms with Crippen molar-refractivity contribution < 1.29 is 45.9 Å². The van der Waals surface area contributed by atoms with Gasteiger partial charge in [-0.25, -0.2) is 0 Å². The van der Waals surface area contributed by atoms with Crippen LogP contribution in [0.1, 0.15) is 17.5 Å². The van der Waals surface area contributed by atoms with E-state index in [1.54, 1.807) is 6.07 Å². The Morgan fingerprint density at radius 3 is 2.36 bits per heavy atom. The Morgan fingerprint density at radius 1 is 1.21 bits per heavy atom. The van der Waals surface area contributed by atoms with E-state index < -0.39 is 11.7 Å². The van der Waals surface area contributed by atoms with Crippen LogP contribution in [0, 0.1) is 6.92 Å². The van der Waals surface area contributed by atoms with E-state index >= 15 is 0 Å². The third kappa shape index (κ3) is 4.10. The van der Waals surface area contributed by atoms with Crippen molar-refractivity contribution in [2.45, 2.75) is 19.0 Å². The van der Waals surface area contributed by atoms with Gasteiger partial charge < -0.3 is 6.92 Å². The Morgan fingerprint density at radius 2 is 1.86 bits per heavy atom. The molecule has 1 radical (unpaired) electrons. The molecule has 0 aliphatic heterocycles. The van der Waals surface area contributed by atoms with E-state index in [-0.39, 0.29) is 32.7 Å². The first-order chi connectivity index (χ1) is 6.04. The maximum Gasteiger partial charge on any atom is 0.416 e. The second-order valence-corrected chi connectivity index (χ2v) is 2.80. The monoisotopic (exact) mass is 276 g/mol. The van der Waals surface area contributed by atoms with Gasteiger partial charge in [0.15, 0.2) is 0 Å². The molecule has 0 aromatic heterocycles. The van der Waals surface area contributed by atoms with Gasteiger partial charge in [-0.1, -0.05) is 24.6 Å². The van der Waals surface area contributed by atoms with Crippen molar-refractivity contribution in [2.24, 2.45) is 0 Å². The molecule has 0 fully saturated rings. The van der Waals surface area contributed by atoms with E-state index in [4.69, 9.17) is 0 Å². The van der Waals surface area contributed by atoms with E-state index in [2.05, 4.69) is 6.92 Å². The molecule has 0 saturated carbocycles. The minimum absolute atomic E-state index is 0. The molecule has 1 aromatic rings. The van der Waals surface area contributed by atoms with Crippen molar-refractivity contribution in [1.29, 1.82) is 0 Å². The molecule has 1 rings (SSSR count). The van der Waals surface area contributed by atoms with Gasteiger partial charge in [-0.05, 0) is 11.6 Å². The van der Waals surface area contributed by atoms with E-state index in [1.165, 1.54) is 12.1 Å². The van der Waals surface area contributed by atoms with Crippen LogP contribution < -0.4 is 0 Å². The molecule has 0 aliphatic rings. The van der Waals surface area contributed by atoms with Crippen molar-refractivity contribution in [2.75, 3.05) is 0 Å². The van der Waals surface area contributed by atoms with Crippen LogP contribution in [-0.2, 0) is 45.3 Å². The Labute approximate surface area is 107 Å². The number of rotatable bonds is 2. The Hall–Kier alpha value is 0.114. The molecular weight excluding hydrogens is 266 g/mol. The summed E-state index contributed by atoms with van der Waals surface area (Å²) in [6.45, 7) is 3.59. The van der Waals surface area contributed by atoms with Gasteiger partial charge >= 0.3 is 6.18 Å². The fourth-order valence-corrected chi connectivity index (χ4v) is 1.11. The third-order valence-corrected chi connectivity index (χ3v) is 1.72. The van der Waals surface area contributed by atoms with E-state index in [9.17, 15) is 13.2 Å². The summed E-state index contributed by atoms with van der Waals surface area (Å²) < 4.78 is 36.6. The molecular formula is C10H10F3Y-. The summed E-state index contributed by atoms with van der Waals surface area (Å²) in [5.41, 5.74) is 0.100. The van der Waals surface area contributed by atoms with Gasteiger partial charge in [0.1, 0.15) is 0 Å². The molecule has 0 spiro atoms. The van der Waals surface area contributed by atoms with Gasteiger partial charge in [-0.15, -0.1) is 0 Å². The van der Waals surface area contributed by atoms with Crippen LogP contribution in [0.5, 0.6) is 0 Å². The summed E-state index contributed by atoms with van der Waals surface area (Å²) in [7, 11) is 0. The normalized spacial score (nSPS) is 10.9. The number of hydrogen-bond donors (Lipinski definition) is 0. The molecule has 75 valence electrons. The van der Waals surface area contributed by atoms with Crippen LogP contribution in [-0.4, -0.2) is 0 Å². The molecule has 0 aliphatic carbocycles. The summed E-state index contributed by atoms with van der Waals surface area (Å²) in [5, 5.41) is 0. The summed E-state index contributed by atoms with van der Waals surface area (Å²) in [4.78, 5) is 0. The van der Waals surface area contributed by atoms with Crippen LogP contribution in [0.25, 0.3) is 0 Å². The molecule has 0 bridgehead atoms. The SMILES string of the molecule is [CH2-]CCc1cccc(C(F)(F)F)c1.[Y]. The van der Waals surface area contributed by atoms with Gasteiger partial charge in [-0.2, -0.15) is 19.6 Å². The largest absolute Gasteiger partial charge is 0.416 e. The van der Waals surface area contributed by atoms with Crippen LogP contribution >= 0.6 is 0 Å².